The largest absolute Gasteiger partial charge is 0.497 e. The number of hydrogen-bond donors (Lipinski definition) is 1. The zero-order valence-corrected chi connectivity index (χ0v) is 35.5. The lowest BCUT2D eigenvalue weighted by atomic mass is 9.74. The normalized spacial score (nSPS) is 20.1. The van der Waals surface area contributed by atoms with E-state index >= 15 is 0 Å². The van der Waals surface area contributed by atoms with E-state index < -0.39 is 0 Å². The molecule has 6 nitrogen and oxygen atoms in total. The number of anilines is 1. The number of hydrogen-bond acceptors (Lipinski definition) is 6. The number of nitrogens with two attached hydrogens (primary N) is 1. The molecule has 0 aromatic heterocycles. The van der Waals surface area contributed by atoms with Gasteiger partial charge in [0.2, 0.25) is 0 Å². The lowest BCUT2D eigenvalue weighted by Crippen LogP contribution is -2.50. The van der Waals surface area contributed by atoms with Crippen molar-refractivity contribution in [1.82, 2.24) is 0 Å². The van der Waals surface area contributed by atoms with Crippen molar-refractivity contribution in [2.45, 2.75) is 139 Å². The van der Waals surface area contributed by atoms with Gasteiger partial charge in [0.1, 0.15) is 17.8 Å². The number of aryl methyl sites for hydroxylation is 2. The van der Waals surface area contributed by atoms with E-state index in [0.717, 1.165) is 67.8 Å². The predicted octanol–water partition coefficient (Wildman–Crippen LogP) is 11.5. The third kappa shape index (κ3) is 17.5. The van der Waals surface area contributed by atoms with Crippen molar-refractivity contribution in [2.24, 2.45) is 29.4 Å². The van der Waals surface area contributed by atoms with Gasteiger partial charge in [0.15, 0.2) is 0 Å². The van der Waals surface area contributed by atoms with Crippen molar-refractivity contribution in [3.05, 3.63) is 83.1 Å². The number of benzene rings is 2. The summed E-state index contributed by atoms with van der Waals surface area (Å²) in [6.45, 7) is 23.9. The van der Waals surface area contributed by atoms with Crippen LogP contribution < -0.4 is 15.4 Å². The fraction of sp³-hybridized carbons (Fsp3) is 0.617. The monoisotopic (exact) mass is 733 g/mol. The van der Waals surface area contributed by atoms with Crippen LogP contribution in [-0.2, 0) is 20.7 Å². The first-order chi connectivity index (χ1) is 25.4. The number of ketones is 1. The number of ether oxygens (including phenoxy) is 2. The van der Waals surface area contributed by atoms with Crippen LogP contribution in [-0.4, -0.2) is 44.5 Å². The van der Waals surface area contributed by atoms with Crippen molar-refractivity contribution in [3.8, 4) is 5.75 Å². The summed E-state index contributed by atoms with van der Waals surface area (Å²) in [5.74, 6) is 4.01. The smallest absolute Gasteiger partial charge is 0.126 e. The number of methoxy groups -OCH3 is 1. The van der Waals surface area contributed by atoms with Crippen LogP contribution in [0.3, 0.4) is 0 Å². The molecule has 298 valence electrons. The Morgan fingerprint density at radius 3 is 2.06 bits per heavy atom. The SMILES string of the molecule is CC.CC(C)=O.CCCC1(CCC(C)C(C)C2CN(c3ccc(C)cc3)C2)CC(C2=CC=C(N)CC2)CO1.CCCC=O.CCc1ccc(OC)cc1. The summed E-state index contributed by atoms with van der Waals surface area (Å²) >= 11 is 0. The number of allylic oxidation sites excluding steroid dienone is 3. The molecule has 0 radical (unpaired) electrons. The number of nitrogens with zero attached hydrogens (tertiary/aromatic N) is 1. The standard InChI is InChI=1S/C29H44N2O.C9H12O.C4H8O.C3H6O.C2H6/c1-5-15-29(17-25(20-32-29)24-8-10-27(30)11-9-24)16-14-22(3)23(4)26-18-31(19-26)28-12-6-21(2)7-13-28;1-3-8-4-6-9(10-2)7-5-8;1-2-3-4-5;1-3(2)4;1-2/h6-8,10,12-13,22-23,25-26H,5,9,11,14-20,30H2,1-4H3;4-7H,3H2,1-2H3;4H,2-3H2,1H3;1-2H3;1-2H3. The van der Waals surface area contributed by atoms with E-state index in [1.807, 2.05) is 32.9 Å². The average Bonchev–Trinajstić information content (AvgIpc) is 3.56. The van der Waals surface area contributed by atoms with E-state index in [-0.39, 0.29) is 11.4 Å². The molecule has 2 heterocycles. The molecular formula is C47H76N2O4. The van der Waals surface area contributed by atoms with Crippen molar-refractivity contribution < 1.29 is 19.1 Å². The van der Waals surface area contributed by atoms with Gasteiger partial charge in [0, 0.05) is 36.8 Å². The Morgan fingerprint density at radius 1 is 0.962 bits per heavy atom. The Morgan fingerprint density at radius 2 is 1.58 bits per heavy atom. The van der Waals surface area contributed by atoms with Gasteiger partial charge >= 0.3 is 0 Å². The minimum Gasteiger partial charge on any atom is -0.497 e. The molecule has 4 unspecified atom stereocenters. The van der Waals surface area contributed by atoms with Crippen LogP contribution in [0.4, 0.5) is 5.69 Å². The summed E-state index contributed by atoms with van der Waals surface area (Å²) in [5, 5.41) is 0. The zero-order valence-electron chi connectivity index (χ0n) is 35.5. The summed E-state index contributed by atoms with van der Waals surface area (Å²) in [4.78, 5) is 21.4. The number of carbonyl (C=O) groups excluding carboxylic acids is 2. The molecule has 2 aliphatic heterocycles. The van der Waals surface area contributed by atoms with E-state index in [4.69, 9.17) is 15.2 Å². The quantitative estimate of drug-likeness (QED) is 0.207. The third-order valence-corrected chi connectivity index (χ3v) is 10.6. The van der Waals surface area contributed by atoms with E-state index in [1.54, 1.807) is 12.7 Å². The third-order valence-electron chi connectivity index (χ3n) is 10.6. The van der Waals surface area contributed by atoms with Gasteiger partial charge in [-0.3, -0.25) is 0 Å². The van der Waals surface area contributed by atoms with Gasteiger partial charge in [0.25, 0.3) is 0 Å². The summed E-state index contributed by atoms with van der Waals surface area (Å²) in [6, 6.07) is 17.1. The fourth-order valence-corrected chi connectivity index (χ4v) is 7.03. The summed E-state index contributed by atoms with van der Waals surface area (Å²) in [6.07, 6.45) is 16.3. The van der Waals surface area contributed by atoms with Gasteiger partial charge in [-0.1, -0.05) is 96.4 Å². The van der Waals surface area contributed by atoms with Crippen molar-refractivity contribution in [3.63, 3.8) is 0 Å². The second kappa shape index (κ2) is 26.4. The Kier molecular flexibility index (Phi) is 23.7. The highest BCUT2D eigenvalue weighted by atomic mass is 16.5. The maximum Gasteiger partial charge on any atom is 0.126 e. The predicted molar refractivity (Wildman–Crippen MR) is 227 cm³/mol. The van der Waals surface area contributed by atoms with E-state index in [9.17, 15) is 9.59 Å². The average molecular weight is 733 g/mol. The first kappa shape index (κ1) is 47.6. The highest BCUT2D eigenvalue weighted by Gasteiger charge is 2.42. The second-order valence-corrected chi connectivity index (χ2v) is 15.1. The molecule has 2 saturated heterocycles. The van der Waals surface area contributed by atoms with E-state index in [0.29, 0.717) is 12.3 Å². The molecule has 3 aliphatic rings. The Labute approximate surface area is 325 Å². The molecule has 5 rings (SSSR count). The van der Waals surface area contributed by atoms with Crippen molar-refractivity contribution in [1.29, 1.82) is 0 Å². The molecule has 2 aromatic carbocycles. The highest BCUT2D eigenvalue weighted by Crippen LogP contribution is 2.44. The summed E-state index contributed by atoms with van der Waals surface area (Å²) < 4.78 is 11.6. The van der Waals surface area contributed by atoms with Crippen molar-refractivity contribution in [2.75, 3.05) is 31.7 Å². The van der Waals surface area contributed by atoms with Crippen LogP contribution in [0.15, 0.2) is 72.0 Å². The molecule has 2 aromatic rings. The van der Waals surface area contributed by atoms with Gasteiger partial charge in [0.05, 0.1) is 19.3 Å². The number of aldehydes is 1. The van der Waals surface area contributed by atoms with E-state index in [1.165, 1.54) is 75.9 Å². The first-order valence-corrected chi connectivity index (χ1v) is 20.5. The van der Waals surface area contributed by atoms with Gasteiger partial charge in [-0.25, -0.2) is 0 Å². The van der Waals surface area contributed by atoms with Crippen LogP contribution in [0.25, 0.3) is 0 Å². The Bertz CT molecular complexity index is 1320. The van der Waals surface area contributed by atoms with Gasteiger partial charge in [-0.15, -0.1) is 0 Å². The highest BCUT2D eigenvalue weighted by molar-refractivity contribution is 5.72. The topological polar surface area (TPSA) is 81.9 Å². The van der Waals surface area contributed by atoms with Crippen LogP contribution in [0, 0.1) is 30.6 Å². The molecule has 1 aliphatic carbocycles. The zero-order chi connectivity index (χ0) is 39.8. The fourth-order valence-electron chi connectivity index (χ4n) is 7.03. The van der Waals surface area contributed by atoms with Gasteiger partial charge in [-0.2, -0.15) is 0 Å². The molecule has 2 N–H and O–H groups in total. The second-order valence-electron chi connectivity index (χ2n) is 15.1. The number of rotatable bonds is 13. The Hall–Kier alpha value is -3.38. The van der Waals surface area contributed by atoms with Crippen LogP contribution in [0.5, 0.6) is 5.75 Å². The lowest BCUT2D eigenvalue weighted by molar-refractivity contribution is -0.115. The van der Waals surface area contributed by atoms with Crippen LogP contribution >= 0.6 is 0 Å². The van der Waals surface area contributed by atoms with Gasteiger partial charge in [-0.05, 0) is 126 Å². The maximum absolute atomic E-state index is 9.44. The molecule has 2 fully saturated rings. The molecule has 0 spiro atoms. The van der Waals surface area contributed by atoms with Crippen molar-refractivity contribution >= 4 is 17.8 Å². The summed E-state index contributed by atoms with van der Waals surface area (Å²) in [5.41, 5.74) is 12.7. The molecule has 4 atom stereocenters. The number of Topliss-reactive ketones (excluding diaryl/α,β-unsaturated/α-hetero) is 1. The van der Waals surface area contributed by atoms with Crippen LogP contribution in [0.1, 0.15) is 131 Å². The molecule has 53 heavy (non-hydrogen) atoms. The summed E-state index contributed by atoms with van der Waals surface area (Å²) in [7, 11) is 1.68. The Balaban J connectivity index is 0.000000547. The molecule has 0 saturated carbocycles. The molecule has 0 amide bonds. The minimum atomic E-state index is 0.0918. The number of carbonyl (C=O) groups is 2. The first-order valence-electron chi connectivity index (χ1n) is 20.5. The van der Waals surface area contributed by atoms with Gasteiger partial charge < -0.3 is 29.7 Å². The molecular weight excluding hydrogens is 657 g/mol. The maximum atomic E-state index is 9.44. The minimum absolute atomic E-state index is 0.0918. The lowest BCUT2D eigenvalue weighted by Gasteiger charge is -2.46. The molecule has 6 heteroatoms. The van der Waals surface area contributed by atoms with E-state index in [2.05, 4.69) is 88.1 Å². The number of unbranched alkanes of at least 4 members (excludes halogenated alkanes) is 1. The van der Waals surface area contributed by atoms with Crippen LogP contribution in [0.2, 0.25) is 0 Å². The molecule has 0 bridgehead atoms.